The van der Waals surface area contributed by atoms with Gasteiger partial charge in [0.05, 0.1) is 0 Å². The first-order valence-electron chi connectivity index (χ1n) is 6.84. The molecule has 104 valence electrons. The van der Waals surface area contributed by atoms with Crippen molar-refractivity contribution in [3.05, 3.63) is 57.8 Å². The van der Waals surface area contributed by atoms with Crippen molar-refractivity contribution in [2.24, 2.45) is 0 Å². The van der Waals surface area contributed by atoms with Crippen molar-refractivity contribution in [3.63, 3.8) is 0 Å². The van der Waals surface area contributed by atoms with Crippen LogP contribution in [0.15, 0.2) is 41.0 Å². The van der Waals surface area contributed by atoms with Gasteiger partial charge in [-0.25, -0.2) is 0 Å². The van der Waals surface area contributed by atoms with Crippen LogP contribution in [0.2, 0.25) is 0 Å². The van der Waals surface area contributed by atoms with Gasteiger partial charge in [0.15, 0.2) is 0 Å². The van der Waals surface area contributed by atoms with E-state index in [0.717, 1.165) is 15.7 Å². The van der Waals surface area contributed by atoms with Crippen LogP contribution >= 0.6 is 15.9 Å². The van der Waals surface area contributed by atoms with E-state index in [9.17, 15) is 4.79 Å². The molecule has 20 heavy (non-hydrogen) atoms. The summed E-state index contributed by atoms with van der Waals surface area (Å²) >= 11 is 3.45. The first kappa shape index (κ1) is 13.4. The molecule has 2 aromatic rings. The number of carbonyl (C=O) groups excluding carboxylic acids is 1. The Hall–Kier alpha value is -1.55. The average molecular weight is 333 g/mol. The molecule has 1 N–H and O–H groups in total. The van der Waals surface area contributed by atoms with Crippen molar-refractivity contribution >= 4 is 21.8 Å². The fourth-order valence-corrected chi connectivity index (χ4v) is 2.70. The molecular weight excluding hydrogens is 316 g/mol. The zero-order valence-electron chi connectivity index (χ0n) is 11.4. The van der Waals surface area contributed by atoms with E-state index in [1.54, 1.807) is 0 Å². The standard InChI is InChI=1S/C16H17BrN2O/c1-11-2-4-12(5-3-11)9-18-16(20)15-8-13(17)10-19(15)14-6-7-14/h2-5,8,10,14H,6-7,9H2,1H3,(H,18,20). The molecule has 3 nitrogen and oxygen atoms in total. The quantitative estimate of drug-likeness (QED) is 0.907. The van der Waals surface area contributed by atoms with Crippen LogP contribution in [0.4, 0.5) is 0 Å². The monoisotopic (exact) mass is 332 g/mol. The Morgan fingerprint density at radius 1 is 1.35 bits per heavy atom. The number of nitrogens with one attached hydrogen (secondary N) is 1. The summed E-state index contributed by atoms with van der Waals surface area (Å²) in [5.41, 5.74) is 3.09. The Kier molecular flexibility index (Phi) is 3.66. The van der Waals surface area contributed by atoms with Crippen molar-refractivity contribution in [3.8, 4) is 0 Å². The van der Waals surface area contributed by atoms with Gasteiger partial charge in [0.2, 0.25) is 0 Å². The SMILES string of the molecule is Cc1ccc(CNC(=O)c2cc(Br)cn2C2CC2)cc1. The first-order chi connectivity index (χ1) is 9.63. The van der Waals surface area contributed by atoms with Gasteiger partial charge in [0.25, 0.3) is 5.91 Å². The molecule has 0 aliphatic heterocycles. The summed E-state index contributed by atoms with van der Waals surface area (Å²) in [6.07, 6.45) is 4.33. The van der Waals surface area contributed by atoms with Gasteiger partial charge in [-0.1, -0.05) is 29.8 Å². The molecule has 3 rings (SSSR count). The highest BCUT2D eigenvalue weighted by molar-refractivity contribution is 9.10. The van der Waals surface area contributed by atoms with E-state index in [4.69, 9.17) is 0 Å². The van der Waals surface area contributed by atoms with E-state index in [2.05, 4.69) is 44.9 Å². The molecule has 0 atom stereocenters. The number of aromatic nitrogens is 1. The predicted molar refractivity (Wildman–Crippen MR) is 82.8 cm³/mol. The summed E-state index contributed by atoms with van der Waals surface area (Å²) in [5, 5.41) is 2.99. The van der Waals surface area contributed by atoms with Gasteiger partial charge in [-0.05, 0) is 47.3 Å². The molecule has 0 unspecified atom stereocenters. The van der Waals surface area contributed by atoms with Crippen LogP contribution < -0.4 is 5.32 Å². The number of nitrogens with zero attached hydrogens (tertiary/aromatic N) is 1. The molecule has 0 spiro atoms. The molecule has 1 aromatic carbocycles. The topological polar surface area (TPSA) is 34.0 Å². The lowest BCUT2D eigenvalue weighted by molar-refractivity contribution is 0.0941. The molecule has 1 amide bonds. The second-order valence-corrected chi connectivity index (χ2v) is 6.27. The van der Waals surface area contributed by atoms with Gasteiger partial charge in [-0.15, -0.1) is 0 Å². The minimum absolute atomic E-state index is 0.0109. The van der Waals surface area contributed by atoms with Gasteiger partial charge in [0.1, 0.15) is 5.69 Å². The van der Waals surface area contributed by atoms with E-state index in [0.29, 0.717) is 12.6 Å². The first-order valence-corrected chi connectivity index (χ1v) is 7.64. The highest BCUT2D eigenvalue weighted by Crippen LogP contribution is 2.37. The van der Waals surface area contributed by atoms with E-state index >= 15 is 0 Å². The lowest BCUT2D eigenvalue weighted by Gasteiger charge is -2.09. The molecule has 1 saturated carbocycles. The third kappa shape index (κ3) is 2.96. The van der Waals surface area contributed by atoms with Gasteiger partial charge >= 0.3 is 0 Å². The third-order valence-electron chi connectivity index (χ3n) is 3.56. The van der Waals surface area contributed by atoms with Crippen LogP contribution in [0.5, 0.6) is 0 Å². The molecule has 4 heteroatoms. The summed E-state index contributed by atoms with van der Waals surface area (Å²) in [6, 6.07) is 10.6. The fourth-order valence-electron chi connectivity index (χ4n) is 2.26. The zero-order chi connectivity index (χ0) is 14.1. The fraction of sp³-hybridized carbons (Fsp3) is 0.312. The highest BCUT2D eigenvalue weighted by Gasteiger charge is 2.27. The van der Waals surface area contributed by atoms with Crippen molar-refractivity contribution < 1.29 is 4.79 Å². The zero-order valence-corrected chi connectivity index (χ0v) is 13.0. The maximum Gasteiger partial charge on any atom is 0.268 e. The van der Waals surface area contributed by atoms with Crippen LogP contribution in [0.1, 0.15) is 40.5 Å². The number of rotatable bonds is 4. The van der Waals surface area contributed by atoms with Crippen molar-refractivity contribution in [1.29, 1.82) is 0 Å². The number of benzene rings is 1. The maximum absolute atomic E-state index is 12.3. The normalized spacial score (nSPS) is 14.3. The second-order valence-electron chi connectivity index (χ2n) is 5.35. The Balaban J connectivity index is 1.68. The molecule has 1 aromatic heterocycles. The summed E-state index contributed by atoms with van der Waals surface area (Å²) < 4.78 is 3.04. The van der Waals surface area contributed by atoms with Crippen LogP contribution in [-0.2, 0) is 6.54 Å². The summed E-state index contributed by atoms with van der Waals surface area (Å²) in [7, 11) is 0. The molecule has 0 saturated heterocycles. The average Bonchev–Trinajstić information content (AvgIpc) is 3.20. The van der Waals surface area contributed by atoms with Gasteiger partial charge in [-0.3, -0.25) is 4.79 Å². The Labute approximate surface area is 127 Å². The largest absolute Gasteiger partial charge is 0.347 e. The smallest absolute Gasteiger partial charge is 0.268 e. The molecule has 1 fully saturated rings. The predicted octanol–water partition coefficient (Wildman–Crippen LogP) is 3.82. The minimum atomic E-state index is -0.0109. The van der Waals surface area contributed by atoms with Gasteiger partial charge in [-0.2, -0.15) is 0 Å². The van der Waals surface area contributed by atoms with Crippen LogP contribution in [0.25, 0.3) is 0 Å². The van der Waals surface area contributed by atoms with Crippen molar-refractivity contribution in [1.82, 2.24) is 9.88 Å². The number of carbonyl (C=O) groups is 1. The summed E-state index contributed by atoms with van der Waals surface area (Å²) in [6.45, 7) is 2.62. The van der Waals surface area contributed by atoms with Crippen LogP contribution in [0.3, 0.4) is 0 Å². The second kappa shape index (κ2) is 5.44. The molecule has 1 aliphatic rings. The van der Waals surface area contributed by atoms with Gasteiger partial charge in [0, 0.05) is 23.3 Å². The van der Waals surface area contributed by atoms with Crippen molar-refractivity contribution in [2.75, 3.05) is 0 Å². The number of hydrogen-bond acceptors (Lipinski definition) is 1. The number of halogens is 1. The Morgan fingerprint density at radius 3 is 2.70 bits per heavy atom. The lowest BCUT2D eigenvalue weighted by atomic mass is 10.1. The van der Waals surface area contributed by atoms with E-state index in [1.165, 1.54) is 18.4 Å². The molecule has 0 radical (unpaired) electrons. The minimum Gasteiger partial charge on any atom is -0.347 e. The number of amides is 1. The summed E-state index contributed by atoms with van der Waals surface area (Å²) in [4.78, 5) is 12.3. The van der Waals surface area contributed by atoms with E-state index < -0.39 is 0 Å². The third-order valence-corrected chi connectivity index (χ3v) is 4.00. The molecule has 0 bridgehead atoms. The number of aryl methyl sites for hydroxylation is 1. The highest BCUT2D eigenvalue weighted by atomic mass is 79.9. The van der Waals surface area contributed by atoms with Crippen molar-refractivity contribution in [2.45, 2.75) is 32.4 Å². The van der Waals surface area contributed by atoms with E-state index in [1.807, 2.05) is 24.4 Å². The maximum atomic E-state index is 12.3. The summed E-state index contributed by atoms with van der Waals surface area (Å²) in [5.74, 6) is -0.0109. The van der Waals surface area contributed by atoms with Crippen LogP contribution in [0, 0.1) is 6.92 Å². The van der Waals surface area contributed by atoms with E-state index in [-0.39, 0.29) is 5.91 Å². The Morgan fingerprint density at radius 2 is 2.05 bits per heavy atom. The molecule has 1 heterocycles. The molecular formula is C16H17BrN2O. The Bertz CT molecular complexity index is 626. The lowest BCUT2D eigenvalue weighted by Crippen LogP contribution is -2.25. The number of hydrogen-bond donors (Lipinski definition) is 1. The van der Waals surface area contributed by atoms with Gasteiger partial charge < -0.3 is 9.88 Å². The molecule has 1 aliphatic carbocycles. The van der Waals surface area contributed by atoms with Crippen LogP contribution in [-0.4, -0.2) is 10.5 Å².